The van der Waals surface area contributed by atoms with Crippen molar-refractivity contribution in [1.82, 2.24) is 10.3 Å². The highest BCUT2D eigenvalue weighted by Crippen LogP contribution is 2.09. The van der Waals surface area contributed by atoms with Crippen molar-refractivity contribution in [2.75, 3.05) is 5.32 Å². The fourth-order valence-electron chi connectivity index (χ4n) is 1.33. The van der Waals surface area contributed by atoms with Crippen LogP contribution in [0.4, 0.5) is 10.5 Å². The number of carbonyl (C=O) groups is 2. The van der Waals surface area contributed by atoms with Gasteiger partial charge in [-0.25, -0.2) is 4.79 Å². The molecule has 1 rings (SSSR count). The minimum Gasteiger partial charge on any atom is -0.481 e. The van der Waals surface area contributed by atoms with Gasteiger partial charge in [0.1, 0.15) is 0 Å². The highest BCUT2D eigenvalue weighted by molar-refractivity contribution is 5.89. The summed E-state index contributed by atoms with van der Waals surface area (Å²) in [5.74, 6) is -0.961. The summed E-state index contributed by atoms with van der Waals surface area (Å²) < 4.78 is 0. The summed E-state index contributed by atoms with van der Waals surface area (Å²) in [6, 6.07) is 2.93. The molecule has 6 nitrogen and oxygen atoms in total. The van der Waals surface area contributed by atoms with E-state index < -0.39 is 17.5 Å². The molecule has 0 fully saturated rings. The Hall–Kier alpha value is -2.11. The fourth-order valence-corrected chi connectivity index (χ4v) is 1.33. The Morgan fingerprint density at radius 3 is 2.71 bits per heavy atom. The van der Waals surface area contributed by atoms with Gasteiger partial charge < -0.3 is 15.7 Å². The van der Waals surface area contributed by atoms with Crippen LogP contribution in [-0.2, 0) is 4.79 Å². The number of aromatic nitrogens is 1. The number of carboxylic acids is 1. The standard InChI is InChI=1S/C11H15N3O3/c1-11(2,6-9(15)16)14-10(17)13-8-4-3-5-12-7-8/h3-5,7H,6H2,1-2H3,(H,15,16)(H2,13,14,17). The molecule has 3 N–H and O–H groups in total. The molecule has 0 bridgehead atoms. The van der Waals surface area contributed by atoms with E-state index in [4.69, 9.17) is 5.11 Å². The highest BCUT2D eigenvalue weighted by atomic mass is 16.4. The van der Waals surface area contributed by atoms with Crippen molar-refractivity contribution in [1.29, 1.82) is 0 Å². The summed E-state index contributed by atoms with van der Waals surface area (Å²) in [7, 11) is 0. The summed E-state index contributed by atoms with van der Waals surface area (Å²) in [5, 5.41) is 13.8. The Balaban J connectivity index is 2.52. The molecule has 0 aliphatic carbocycles. The number of anilines is 1. The van der Waals surface area contributed by atoms with Gasteiger partial charge in [-0.2, -0.15) is 0 Å². The summed E-state index contributed by atoms with van der Waals surface area (Å²) in [5.41, 5.74) is -0.255. The fraction of sp³-hybridized carbons (Fsp3) is 0.364. The van der Waals surface area contributed by atoms with Crippen LogP contribution in [0.15, 0.2) is 24.5 Å². The van der Waals surface area contributed by atoms with Crippen LogP contribution in [0, 0.1) is 0 Å². The SMILES string of the molecule is CC(C)(CC(=O)O)NC(=O)Nc1cccnc1. The number of hydrogen-bond donors (Lipinski definition) is 3. The van der Waals surface area contributed by atoms with Gasteiger partial charge in [0.05, 0.1) is 18.3 Å². The molecular weight excluding hydrogens is 222 g/mol. The van der Waals surface area contributed by atoms with Gasteiger partial charge in [0, 0.05) is 11.7 Å². The van der Waals surface area contributed by atoms with Gasteiger partial charge in [-0.1, -0.05) is 0 Å². The molecule has 0 aromatic carbocycles. The monoisotopic (exact) mass is 237 g/mol. The number of aliphatic carboxylic acids is 1. The van der Waals surface area contributed by atoms with E-state index in [0.717, 1.165) is 0 Å². The van der Waals surface area contributed by atoms with E-state index >= 15 is 0 Å². The predicted octanol–water partition coefficient (Wildman–Crippen LogP) is 1.46. The molecule has 1 aromatic rings. The molecule has 6 heteroatoms. The Labute approximate surface area is 99.1 Å². The van der Waals surface area contributed by atoms with Gasteiger partial charge in [-0.15, -0.1) is 0 Å². The average molecular weight is 237 g/mol. The van der Waals surface area contributed by atoms with Crippen molar-refractivity contribution in [2.45, 2.75) is 25.8 Å². The normalized spacial score (nSPS) is 10.7. The zero-order valence-electron chi connectivity index (χ0n) is 9.73. The molecule has 0 saturated heterocycles. The molecular formula is C11H15N3O3. The van der Waals surface area contributed by atoms with Crippen molar-refractivity contribution in [3.05, 3.63) is 24.5 Å². The van der Waals surface area contributed by atoms with Gasteiger partial charge in [0.15, 0.2) is 0 Å². The molecule has 17 heavy (non-hydrogen) atoms. The van der Waals surface area contributed by atoms with Crippen LogP contribution < -0.4 is 10.6 Å². The Morgan fingerprint density at radius 1 is 1.47 bits per heavy atom. The maximum absolute atomic E-state index is 11.6. The zero-order chi connectivity index (χ0) is 12.9. The van der Waals surface area contributed by atoms with Crippen LogP contribution in [0.2, 0.25) is 0 Å². The Morgan fingerprint density at radius 2 is 2.18 bits per heavy atom. The minimum atomic E-state index is -0.961. The van der Waals surface area contributed by atoms with E-state index in [0.29, 0.717) is 5.69 Å². The first-order valence-electron chi connectivity index (χ1n) is 5.10. The first-order valence-corrected chi connectivity index (χ1v) is 5.10. The number of pyridine rings is 1. The van der Waals surface area contributed by atoms with Crippen LogP contribution >= 0.6 is 0 Å². The molecule has 0 spiro atoms. The lowest BCUT2D eigenvalue weighted by molar-refractivity contribution is -0.138. The number of nitrogens with zero attached hydrogens (tertiary/aromatic N) is 1. The summed E-state index contributed by atoms with van der Waals surface area (Å²) in [6.07, 6.45) is 2.95. The van der Waals surface area contributed by atoms with Gasteiger partial charge in [0.2, 0.25) is 0 Å². The molecule has 92 valence electrons. The molecule has 2 amide bonds. The number of rotatable bonds is 4. The topological polar surface area (TPSA) is 91.3 Å². The van der Waals surface area contributed by atoms with Crippen LogP contribution in [0.5, 0.6) is 0 Å². The average Bonchev–Trinajstić information content (AvgIpc) is 2.15. The number of carbonyl (C=O) groups excluding carboxylic acids is 1. The van der Waals surface area contributed by atoms with Crippen molar-refractivity contribution < 1.29 is 14.7 Å². The van der Waals surface area contributed by atoms with Crippen LogP contribution in [-0.4, -0.2) is 27.6 Å². The van der Waals surface area contributed by atoms with E-state index in [1.54, 1.807) is 32.2 Å². The quantitative estimate of drug-likeness (QED) is 0.739. The second kappa shape index (κ2) is 5.29. The van der Waals surface area contributed by atoms with E-state index in [9.17, 15) is 9.59 Å². The van der Waals surface area contributed by atoms with Crippen molar-refractivity contribution >= 4 is 17.7 Å². The number of urea groups is 1. The van der Waals surface area contributed by atoms with Crippen molar-refractivity contribution in [2.24, 2.45) is 0 Å². The first kappa shape index (κ1) is 13.0. The van der Waals surface area contributed by atoms with E-state index in [1.807, 2.05) is 0 Å². The van der Waals surface area contributed by atoms with Crippen LogP contribution in [0.25, 0.3) is 0 Å². The largest absolute Gasteiger partial charge is 0.481 e. The number of amides is 2. The maximum Gasteiger partial charge on any atom is 0.319 e. The lowest BCUT2D eigenvalue weighted by Crippen LogP contribution is -2.46. The van der Waals surface area contributed by atoms with Crippen molar-refractivity contribution in [3.63, 3.8) is 0 Å². The van der Waals surface area contributed by atoms with E-state index in [-0.39, 0.29) is 6.42 Å². The Kier molecular flexibility index (Phi) is 4.03. The molecule has 0 aliphatic heterocycles. The third-order valence-electron chi connectivity index (χ3n) is 1.96. The first-order chi connectivity index (χ1) is 7.89. The molecule has 1 aromatic heterocycles. The van der Waals surface area contributed by atoms with Gasteiger partial charge in [-0.3, -0.25) is 9.78 Å². The third-order valence-corrected chi connectivity index (χ3v) is 1.96. The van der Waals surface area contributed by atoms with Crippen molar-refractivity contribution in [3.8, 4) is 0 Å². The lowest BCUT2D eigenvalue weighted by Gasteiger charge is -2.24. The minimum absolute atomic E-state index is 0.145. The Bertz CT molecular complexity index is 404. The molecule has 1 heterocycles. The second-order valence-electron chi connectivity index (χ2n) is 4.28. The van der Waals surface area contributed by atoms with E-state index in [2.05, 4.69) is 15.6 Å². The number of nitrogens with one attached hydrogen (secondary N) is 2. The van der Waals surface area contributed by atoms with Gasteiger partial charge in [0.25, 0.3) is 0 Å². The van der Waals surface area contributed by atoms with Crippen LogP contribution in [0.3, 0.4) is 0 Å². The molecule has 0 radical (unpaired) electrons. The molecule has 0 atom stereocenters. The smallest absolute Gasteiger partial charge is 0.319 e. The summed E-state index contributed by atoms with van der Waals surface area (Å²) in [6.45, 7) is 3.29. The molecule has 0 aliphatic rings. The predicted molar refractivity (Wildman–Crippen MR) is 62.7 cm³/mol. The van der Waals surface area contributed by atoms with Gasteiger partial charge in [-0.05, 0) is 26.0 Å². The lowest BCUT2D eigenvalue weighted by atomic mass is 10.0. The number of hydrogen-bond acceptors (Lipinski definition) is 3. The van der Waals surface area contributed by atoms with Gasteiger partial charge >= 0.3 is 12.0 Å². The zero-order valence-corrected chi connectivity index (χ0v) is 9.73. The van der Waals surface area contributed by atoms with E-state index in [1.165, 1.54) is 6.20 Å². The second-order valence-corrected chi connectivity index (χ2v) is 4.28. The summed E-state index contributed by atoms with van der Waals surface area (Å²) in [4.78, 5) is 26.0. The molecule has 0 saturated carbocycles. The summed E-state index contributed by atoms with van der Waals surface area (Å²) >= 11 is 0. The van der Waals surface area contributed by atoms with Crippen LogP contribution in [0.1, 0.15) is 20.3 Å². The number of carboxylic acid groups (broad SMARTS) is 1. The third kappa shape index (κ3) is 4.96. The highest BCUT2D eigenvalue weighted by Gasteiger charge is 2.23. The molecule has 0 unspecified atom stereocenters. The maximum atomic E-state index is 11.6.